The van der Waals surface area contributed by atoms with Crippen LogP contribution in [0.1, 0.15) is 39.5 Å². The Kier molecular flexibility index (Phi) is 8.31. The molecule has 0 bridgehead atoms. The minimum Gasteiger partial charge on any atom is -0.497 e. The van der Waals surface area contributed by atoms with Crippen molar-refractivity contribution in [1.29, 1.82) is 0 Å². The lowest BCUT2D eigenvalue weighted by Gasteiger charge is -2.18. The summed E-state index contributed by atoms with van der Waals surface area (Å²) in [6.07, 6.45) is 0.645. The number of carbonyl (C=O) groups is 2. The summed E-state index contributed by atoms with van der Waals surface area (Å²) >= 11 is 0. The number of carbonyl (C=O) groups excluding carboxylic acids is 2. The number of aliphatic hydroxyl groups excluding tert-OH is 1. The van der Waals surface area contributed by atoms with E-state index in [2.05, 4.69) is 15.3 Å². The number of hydrogen-bond donors (Lipinski definition) is 2. The van der Waals surface area contributed by atoms with Crippen molar-refractivity contribution in [3.05, 3.63) is 94.7 Å². The molecule has 45 heavy (non-hydrogen) atoms. The van der Waals surface area contributed by atoms with Gasteiger partial charge in [0.1, 0.15) is 34.5 Å². The van der Waals surface area contributed by atoms with Gasteiger partial charge in [-0.3, -0.25) is 9.59 Å². The van der Waals surface area contributed by atoms with Gasteiger partial charge in [0.2, 0.25) is 5.91 Å². The van der Waals surface area contributed by atoms with E-state index in [1.807, 2.05) is 12.1 Å². The van der Waals surface area contributed by atoms with Crippen LogP contribution in [0.4, 0.5) is 20.3 Å². The Balaban J connectivity index is 1.33. The fraction of sp³-hybridized carbons (Fsp3) is 0.273. The number of nitrogens with one attached hydrogen (secondary N) is 1. The van der Waals surface area contributed by atoms with E-state index >= 15 is 0 Å². The normalized spacial score (nSPS) is 15.9. The van der Waals surface area contributed by atoms with Crippen LogP contribution < -0.4 is 14.8 Å². The largest absolute Gasteiger partial charge is 0.497 e. The maximum Gasteiger partial charge on any atom is 0.260 e. The molecule has 10 nitrogen and oxygen atoms in total. The van der Waals surface area contributed by atoms with E-state index < -0.39 is 17.2 Å². The third-order valence-electron chi connectivity index (χ3n) is 8.11. The van der Waals surface area contributed by atoms with Crippen LogP contribution in [-0.2, 0) is 17.9 Å². The first-order chi connectivity index (χ1) is 21.8. The Morgan fingerprint density at radius 1 is 0.956 bits per heavy atom. The number of methoxy groups -OCH3 is 2. The monoisotopic (exact) mass is 615 g/mol. The van der Waals surface area contributed by atoms with Crippen molar-refractivity contribution in [2.24, 2.45) is 0 Å². The maximum atomic E-state index is 14.8. The molecule has 0 radical (unpaired) electrons. The van der Waals surface area contributed by atoms with Gasteiger partial charge in [0.15, 0.2) is 5.82 Å². The molecule has 2 aliphatic rings. The molecule has 2 aliphatic heterocycles. The lowest BCUT2D eigenvalue weighted by molar-refractivity contribution is -0.129. The summed E-state index contributed by atoms with van der Waals surface area (Å²) < 4.78 is 40.5. The molecular formula is C33H31F2N5O5. The van der Waals surface area contributed by atoms with Crippen molar-refractivity contribution < 1.29 is 33.0 Å². The van der Waals surface area contributed by atoms with E-state index in [9.17, 15) is 23.5 Å². The number of nitrogens with zero attached hydrogens (tertiary/aromatic N) is 4. The molecule has 2 amide bonds. The molecule has 232 valence electrons. The first-order valence-electron chi connectivity index (χ1n) is 14.4. The third kappa shape index (κ3) is 5.76. The van der Waals surface area contributed by atoms with Gasteiger partial charge in [0.05, 0.1) is 51.1 Å². The summed E-state index contributed by atoms with van der Waals surface area (Å²) in [5.41, 5.74) is 2.23. The molecule has 3 aromatic carbocycles. The van der Waals surface area contributed by atoms with Crippen LogP contribution in [0, 0.1) is 11.6 Å². The molecule has 12 heteroatoms. The molecule has 1 aromatic heterocycles. The van der Waals surface area contributed by atoms with Crippen molar-refractivity contribution in [3.63, 3.8) is 0 Å². The van der Waals surface area contributed by atoms with Crippen LogP contribution in [-0.4, -0.2) is 70.6 Å². The zero-order valence-corrected chi connectivity index (χ0v) is 24.7. The van der Waals surface area contributed by atoms with E-state index in [0.29, 0.717) is 42.4 Å². The Morgan fingerprint density at radius 3 is 2.40 bits per heavy atom. The Hall–Kier alpha value is -5.10. The molecule has 0 saturated carbocycles. The maximum absolute atomic E-state index is 14.8. The number of hydrogen-bond acceptors (Lipinski definition) is 8. The van der Waals surface area contributed by atoms with Crippen LogP contribution in [0.5, 0.6) is 11.5 Å². The number of rotatable bonds is 10. The predicted molar refractivity (Wildman–Crippen MR) is 161 cm³/mol. The predicted octanol–water partition coefficient (Wildman–Crippen LogP) is 4.65. The highest BCUT2D eigenvalue weighted by atomic mass is 19.1. The second-order valence-corrected chi connectivity index (χ2v) is 10.8. The Morgan fingerprint density at radius 2 is 1.71 bits per heavy atom. The molecule has 3 heterocycles. The van der Waals surface area contributed by atoms with Crippen molar-refractivity contribution in [3.8, 4) is 22.9 Å². The van der Waals surface area contributed by atoms with E-state index in [1.54, 1.807) is 47.2 Å². The second-order valence-electron chi connectivity index (χ2n) is 10.8. The SMILES string of the molecule is COc1ccc(CN2Cc3nc(-c4c(F)cccc4F)nc(Nc4ccc(C5CCN(CCO)C5=O)cc4)c3C2=O)c(OC)c1. The van der Waals surface area contributed by atoms with Crippen molar-refractivity contribution in [2.45, 2.75) is 25.4 Å². The van der Waals surface area contributed by atoms with Crippen LogP contribution >= 0.6 is 0 Å². The summed E-state index contributed by atoms with van der Waals surface area (Å²) in [6, 6.07) is 16.0. The van der Waals surface area contributed by atoms with Gasteiger partial charge in [-0.25, -0.2) is 18.7 Å². The average Bonchev–Trinajstić information content (AvgIpc) is 3.56. The molecule has 0 spiro atoms. The van der Waals surface area contributed by atoms with E-state index in [1.165, 1.54) is 13.2 Å². The number of β-amino-alcohol motifs (C(OH)–C–C–N with tert-alkyl or cyclic N) is 1. The Bertz CT molecular complexity index is 1750. The number of amides is 2. The molecule has 1 fully saturated rings. The molecule has 1 unspecified atom stereocenters. The van der Waals surface area contributed by atoms with E-state index in [-0.39, 0.29) is 54.6 Å². The molecule has 4 aromatic rings. The standard InChI is InChI=1S/C33H31F2N5O5/c1-44-22-11-8-20(27(16-22)45-2)17-40-18-26-29(33(40)43)31(38-30(37-26)28-24(34)4-3-5-25(28)35)36-21-9-6-19(7-10-21)23-12-13-39(14-15-41)32(23)42/h3-11,16,23,41H,12-15,17-18H2,1-2H3,(H,36,37,38). The van der Waals surface area contributed by atoms with Crippen LogP contribution in [0.3, 0.4) is 0 Å². The number of ether oxygens (including phenoxy) is 2. The van der Waals surface area contributed by atoms with Crippen molar-refractivity contribution in [2.75, 3.05) is 39.2 Å². The van der Waals surface area contributed by atoms with Crippen molar-refractivity contribution in [1.82, 2.24) is 19.8 Å². The summed E-state index contributed by atoms with van der Waals surface area (Å²) in [4.78, 5) is 38.7. The molecule has 1 atom stereocenters. The van der Waals surface area contributed by atoms with Gasteiger partial charge in [-0.2, -0.15) is 0 Å². The molecule has 6 rings (SSSR count). The molecule has 0 aliphatic carbocycles. The highest BCUT2D eigenvalue weighted by Gasteiger charge is 2.35. The number of halogens is 2. The smallest absolute Gasteiger partial charge is 0.260 e. The van der Waals surface area contributed by atoms with Crippen LogP contribution in [0.2, 0.25) is 0 Å². The number of benzene rings is 3. The topological polar surface area (TPSA) is 117 Å². The van der Waals surface area contributed by atoms with Gasteiger partial charge >= 0.3 is 0 Å². The summed E-state index contributed by atoms with van der Waals surface area (Å²) in [7, 11) is 3.08. The van der Waals surface area contributed by atoms with E-state index in [0.717, 1.165) is 23.3 Å². The van der Waals surface area contributed by atoms with Gasteiger partial charge in [-0.05, 0) is 48.4 Å². The van der Waals surface area contributed by atoms with Gasteiger partial charge in [0.25, 0.3) is 5.91 Å². The minimum atomic E-state index is -0.828. The second kappa shape index (κ2) is 12.5. The van der Waals surface area contributed by atoms with Crippen LogP contribution in [0.25, 0.3) is 11.4 Å². The van der Waals surface area contributed by atoms with Crippen molar-refractivity contribution >= 4 is 23.3 Å². The fourth-order valence-electron chi connectivity index (χ4n) is 5.81. The number of anilines is 2. The summed E-state index contributed by atoms with van der Waals surface area (Å²) in [6.45, 7) is 1.05. The van der Waals surface area contributed by atoms with Gasteiger partial charge in [0, 0.05) is 30.4 Å². The summed E-state index contributed by atoms with van der Waals surface area (Å²) in [5.74, 6) is -1.31. The number of aromatic nitrogens is 2. The van der Waals surface area contributed by atoms with Crippen LogP contribution in [0.15, 0.2) is 60.7 Å². The third-order valence-corrected chi connectivity index (χ3v) is 8.11. The number of aliphatic hydroxyl groups is 1. The molecular weight excluding hydrogens is 584 g/mol. The molecule has 1 saturated heterocycles. The average molecular weight is 616 g/mol. The Labute approximate surface area is 258 Å². The first-order valence-corrected chi connectivity index (χ1v) is 14.4. The van der Waals surface area contributed by atoms with Gasteiger partial charge < -0.3 is 29.7 Å². The fourth-order valence-corrected chi connectivity index (χ4v) is 5.81. The van der Waals surface area contributed by atoms with Gasteiger partial charge in [-0.1, -0.05) is 18.2 Å². The first kappa shape index (κ1) is 29.9. The lowest BCUT2D eigenvalue weighted by Crippen LogP contribution is -2.29. The van der Waals surface area contributed by atoms with Gasteiger partial charge in [-0.15, -0.1) is 0 Å². The highest BCUT2D eigenvalue weighted by Crippen LogP contribution is 2.36. The zero-order chi connectivity index (χ0) is 31.7. The zero-order valence-electron chi connectivity index (χ0n) is 24.7. The molecule has 2 N–H and O–H groups in total. The van der Waals surface area contributed by atoms with E-state index in [4.69, 9.17) is 9.47 Å². The quantitative estimate of drug-likeness (QED) is 0.265. The highest BCUT2D eigenvalue weighted by molar-refractivity contribution is 6.03. The summed E-state index contributed by atoms with van der Waals surface area (Å²) in [5, 5.41) is 12.4. The number of fused-ring (bicyclic) bond motifs is 1. The minimum absolute atomic E-state index is 0.0332. The lowest BCUT2D eigenvalue weighted by atomic mass is 9.97. The number of likely N-dealkylation sites (tertiary alicyclic amines) is 1.